The molecule has 0 saturated carbocycles. The number of benzene rings is 3. The number of nitrogens with one attached hydrogen (secondary N) is 1. The normalized spacial score (nSPS) is 12.9. The molecule has 3 aromatic rings. The molecule has 2 atom stereocenters. The number of nitrogens with two attached hydrogens (primary N) is 1. The van der Waals surface area contributed by atoms with Crippen LogP contribution in [-0.2, 0) is 22.4 Å². The number of carbonyl (C=O) groups excluding carboxylic acids is 2. The SMILES string of the molecule is CNC(=O)[C@@H](Cc1ccccc1)N(C[C@H](N)Cc1ccc2ccccc2c1)C(=O)CCl. The maximum atomic E-state index is 12.7. The fourth-order valence-corrected chi connectivity index (χ4v) is 3.97. The number of likely N-dealkylation sites (N-methyl/N-ethyl adjacent to an activating group) is 1. The Balaban J connectivity index is 1.78. The van der Waals surface area contributed by atoms with Crippen LogP contribution < -0.4 is 11.1 Å². The lowest BCUT2D eigenvalue weighted by Gasteiger charge is -2.32. The van der Waals surface area contributed by atoms with Crippen molar-refractivity contribution in [1.29, 1.82) is 0 Å². The molecule has 3 rings (SSSR count). The van der Waals surface area contributed by atoms with Crippen molar-refractivity contribution >= 4 is 34.2 Å². The smallest absolute Gasteiger partial charge is 0.242 e. The van der Waals surface area contributed by atoms with Gasteiger partial charge in [-0.25, -0.2) is 0 Å². The molecule has 0 saturated heterocycles. The van der Waals surface area contributed by atoms with Gasteiger partial charge in [-0.15, -0.1) is 11.6 Å². The van der Waals surface area contributed by atoms with Gasteiger partial charge in [0.15, 0.2) is 0 Å². The molecule has 0 aliphatic carbocycles. The van der Waals surface area contributed by atoms with E-state index in [2.05, 4.69) is 35.6 Å². The van der Waals surface area contributed by atoms with Crippen molar-refractivity contribution < 1.29 is 9.59 Å². The number of fused-ring (bicyclic) bond motifs is 1. The van der Waals surface area contributed by atoms with Gasteiger partial charge in [0.1, 0.15) is 11.9 Å². The molecule has 0 aromatic heterocycles. The van der Waals surface area contributed by atoms with Gasteiger partial charge in [-0.2, -0.15) is 0 Å². The number of hydrogen-bond acceptors (Lipinski definition) is 3. The van der Waals surface area contributed by atoms with Gasteiger partial charge in [0.05, 0.1) is 0 Å². The fraction of sp³-hybridized carbons (Fsp3) is 0.280. The Labute approximate surface area is 188 Å². The molecule has 0 unspecified atom stereocenters. The molecular formula is C25H28ClN3O2. The number of hydrogen-bond donors (Lipinski definition) is 2. The van der Waals surface area contributed by atoms with Crippen LogP contribution >= 0.6 is 11.6 Å². The van der Waals surface area contributed by atoms with E-state index in [0.29, 0.717) is 12.8 Å². The highest BCUT2D eigenvalue weighted by Crippen LogP contribution is 2.17. The number of alkyl halides is 1. The molecule has 3 N–H and O–H groups in total. The van der Waals surface area contributed by atoms with Crippen LogP contribution in [0.1, 0.15) is 11.1 Å². The van der Waals surface area contributed by atoms with Crippen molar-refractivity contribution in [3.8, 4) is 0 Å². The van der Waals surface area contributed by atoms with Gasteiger partial charge in [-0.05, 0) is 28.3 Å². The second kappa shape index (κ2) is 10.9. The Morgan fingerprint density at radius 3 is 2.29 bits per heavy atom. The Hall–Kier alpha value is -2.89. The molecule has 162 valence electrons. The van der Waals surface area contributed by atoms with E-state index < -0.39 is 6.04 Å². The predicted molar refractivity (Wildman–Crippen MR) is 126 cm³/mol. The van der Waals surface area contributed by atoms with Crippen LogP contribution in [0.15, 0.2) is 72.8 Å². The van der Waals surface area contributed by atoms with Gasteiger partial charge in [0.2, 0.25) is 11.8 Å². The number of amides is 2. The minimum absolute atomic E-state index is 0.203. The van der Waals surface area contributed by atoms with Crippen LogP contribution in [0.2, 0.25) is 0 Å². The lowest BCUT2D eigenvalue weighted by Crippen LogP contribution is -2.54. The van der Waals surface area contributed by atoms with Gasteiger partial charge in [0, 0.05) is 26.1 Å². The summed E-state index contributed by atoms with van der Waals surface area (Å²) in [5.74, 6) is -0.745. The first-order chi connectivity index (χ1) is 15.0. The van der Waals surface area contributed by atoms with E-state index in [0.717, 1.165) is 16.5 Å². The van der Waals surface area contributed by atoms with Crippen molar-refractivity contribution in [2.24, 2.45) is 5.73 Å². The predicted octanol–water partition coefficient (Wildman–Crippen LogP) is 3.13. The van der Waals surface area contributed by atoms with Crippen LogP contribution in [0, 0.1) is 0 Å². The van der Waals surface area contributed by atoms with E-state index in [-0.39, 0.29) is 30.3 Å². The second-order valence-electron chi connectivity index (χ2n) is 7.65. The quantitative estimate of drug-likeness (QED) is 0.505. The van der Waals surface area contributed by atoms with E-state index >= 15 is 0 Å². The minimum Gasteiger partial charge on any atom is -0.357 e. The van der Waals surface area contributed by atoms with Gasteiger partial charge in [-0.1, -0.05) is 72.8 Å². The highest BCUT2D eigenvalue weighted by molar-refractivity contribution is 6.27. The summed E-state index contributed by atoms with van der Waals surface area (Å²) in [4.78, 5) is 26.9. The summed E-state index contributed by atoms with van der Waals surface area (Å²) in [6.07, 6.45) is 0.981. The van der Waals surface area contributed by atoms with E-state index in [9.17, 15) is 9.59 Å². The van der Waals surface area contributed by atoms with E-state index in [1.165, 1.54) is 10.3 Å². The largest absolute Gasteiger partial charge is 0.357 e. The van der Waals surface area contributed by atoms with E-state index in [1.807, 2.05) is 42.5 Å². The summed E-state index contributed by atoms with van der Waals surface area (Å²) in [6, 6.07) is 23.0. The fourth-order valence-electron chi connectivity index (χ4n) is 3.81. The zero-order valence-electron chi connectivity index (χ0n) is 17.6. The first-order valence-electron chi connectivity index (χ1n) is 10.4. The molecule has 3 aromatic carbocycles. The van der Waals surface area contributed by atoms with Gasteiger partial charge in [0.25, 0.3) is 0 Å². The summed E-state index contributed by atoms with van der Waals surface area (Å²) in [5.41, 5.74) is 8.50. The van der Waals surface area contributed by atoms with E-state index in [4.69, 9.17) is 17.3 Å². The lowest BCUT2D eigenvalue weighted by atomic mass is 10.00. The highest BCUT2D eigenvalue weighted by Gasteiger charge is 2.30. The monoisotopic (exact) mass is 437 g/mol. The maximum absolute atomic E-state index is 12.7. The molecule has 0 heterocycles. The number of rotatable bonds is 9. The zero-order chi connectivity index (χ0) is 22.2. The van der Waals surface area contributed by atoms with Crippen molar-refractivity contribution in [3.05, 3.63) is 83.9 Å². The Bertz CT molecular complexity index is 1030. The van der Waals surface area contributed by atoms with E-state index in [1.54, 1.807) is 7.05 Å². The molecule has 0 fully saturated rings. The average molecular weight is 438 g/mol. The molecule has 0 aliphatic heterocycles. The highest BCUT2D eigenvalue weighted by atomic mass is 35.5. The Morgan fingerprint density at radius 1 is 0.935 bits per heavy atom. The van der Waals surface area contributed by atoms with Gasteiger partial charge in [-0.3, -0.25) is 9.59 Å². The van der Waals surface area contributed by atoms with Gasteiger partial charge < -0.3 is 16.0 Å². The van der Waals surface area contributed by atoms with Crippen LogP contribution in [-0.4, -0.2) is 48.3 Å². The van der Waals surface area contributed by atoms with Crippen molar-refractivity contribution in [2.75, 3.05) is 19.5 Å². The van der Waals surface area contributed by atoms with Crippen LogP contribution in [0.25, 0.3) is 10.8 Å². The molecule has 5 nitrogen and oxygen atoms in total. The van der Waals surface area contributed by atoms with Crippen molar-refractivity contribution in [1.82, 2.24) is 10.2 Å². The summed E-state index contributed by atoms with van der Waals surface area (Å²) < 4.78 is 0. The third-order valence-corrected chi connectivity index (χ3v) is 5.60. The number of halogens is 1. The maximum Gasteiger partial charge on any atom is 0.242 e. The molecule has 6 heteroatoms. The Morgan fingerprint density at radius 2 is 1.61 bits per heavy atom. The lowest BCUT2D eigenvalue weighted by molar-refractivity contribution is -0.138. The van der Waals surface area contributed by atoms with Crippen LogP contribution in [0.3, 0.4) is 0 Å². The standard InChI is InChI=1S/C25H28ClN3O2/c1-28-25(31)23(15-18-7-3-2-4-8-18)29(24(30)16-26)17-22(27)14-19-11-12-20-9-5-6-10-21(20)13-19/h2-13,22-23H,14-17,27H2,1H3,(H,28,31)/t22-,23-/m1/s1. The third kappa shape index (κ3) is 6.06. The topological polar surface area (TPSA) is 75.4 Å². The molecule has 0 aliphatic rings. The van der Waals surface area contributed by atoms with Crippen molar-refractivity contribution in [3.63, 3.8) is 0 Å². The summed E-state index contributed by atoms with van der Waals surface area (Å²) in [7, 11) is 1.57. The molecular weight excluding hydrogens is 410 g/mol. The van der Waals surface area contributed by atoms with Crippen LogP contribution in [0.5, 0.6) is 0 Å². The molecule has 31 heavy (non-hydrogen) atoms. The first-order valence-corrected chi connectivity index (χ1v) is 10.9. The summed E-state index contributed by atoms with van der Waals surface area (Å²) in [6.45, 7) is 0.239. The summed E-state index contributed by atoms with van der Waals surface area (Å²) >= 11 is 5.89. The number of carbonyl (C=O) groups is 2. The van der Waals surface area contributed by atoms with Gasteiger partial charge >= 0.3 is 0 Å². The Kier molecular flexibility index (Phi) is 8.04. The molecule has 0 radical (unpaired) electrons. The van der Waals surface area contributed by atoms with Crippen molar-refractivity contribution in [2.45, 2.75) is 24.9 Å². The summed E-state index contributed by atoms with van der Waals surface area (Å²) in [5, 5.41) is 4.99. The molecule has 2 amide bonds. The number of nitrogens with zero attached hydrogens (tertiary/aromatic N) is 1. The minimum atomic E-state index is -0.679. The second-order valence-corrected chi connectivity index (χ2v) is 7.91. The van der Waals surface area contributed by atoms with Crippen LogP contribution in [0.4, 0.5) is 0 Å². The average Bonchev–Trinajstić information content (AvgIpc) is 2.80. The molecule has 0 spiro atoms. The first kappa shape index (κ1) is 22.8. The third-order valence-electron chi connectivity index (χ3n) is 5.37. The zero-order valence-corrected chi connectivity index (χ0v) is 18.4. The molecule has 0 bridgehead atoms.